The number of halogens is 1. The molecule has 0 aliphatic heterocycles. The van der Waals surface area contributed by atoms with E-state index in [0.717, 1.165) is 18.7 Å². The van der Waals surface area contributed by atoms with Gasteiger partial charge in [-0.3, -0.25) is 9.59 Å². The molecule has 1 aliphatic carbocycles. The summed E-state index contributed by atoms with van der Waals surface area (Å²) in [6.07, 6.45) is 5.70. The standard InChI is InChI=1S/C20H19ClN6O3/c21-15-7-14(3-4-16(15)29)24-18-8-19(25-13-1-2-13)27-20(26-18)12(9-23-27)5-11(10-28)6-17(22)30/h3-5,7-10,13,25,29H,1-2,6H2,(H2,22,30)(H,24,26)/b11-5+. The van der Waals surface area contributed by atoms with Crippen LogP contribution < -0.4 is 16.4 Å². The SMILES string of the molecule is NC(=O)C/C(C=O)=C\c1cnn2c(NC3CC3)cc(Nc3ccc(O)c(Cl)c3)nc12. The molecule has 5 N–H and O–H groups in total. The average Bonchev–Trinajstić information content (AvgIpc) is 3.43. The maximum atomic E-state index is 11.3. The van der Waals surface area contributed by atoms with E-state index < -0.39 is 5.91 Å². The van der Waals surface area contributed by atoms with Crippen LogP contribution in [0.15, 0.2) is 36.0 Å². The topological polar surface area (TPSA) is 135 Å². The fourth-order valence-electron chi connectivity index (χ4n) is 2.95. The number of nitrogens with zero attached hydrogens (tertiary/aromatic N) is 3. The van der Waals surface area contributed by atoms with Gasteiger partial charge in [0.2, 0.25) is 5.91 Å². The Morgan fingerprint density at radius 3 is 2.83 bits per heavy atom. The minimum atomic E-state index is -0.597. The van der Waals surface area contributed by atoms with Gasteiger partial charge in [0, 0.05) is 28.9 Å². The van der Waals surface area contributed by atoms with Crippen molar-refractivity contribution >= 4 is 52.8 Å². The first-order valence-corrected chi connectivity index (χ1v) is 9.65. The predicted molar refractivity (Wildman–Crippen MR) is 114 cm³/mol. The van der Waals surface area contributed by atoms with Crippen molar-refractivity contribution in [3.8, 4) is 5.75 Å². The van der Waals surface area contributed by atoms with E-state index in [2.05, 4.69) is 20.7 Å². The van der Waals surface area contributed by atoms with Crippen LogP contribution >= 0.6 is 11.6 Å². The van der Waals surface area contributed by atoms with Crippen molar-refractivity contribution in [2.75, 3.05) is 10.6 Å². The molecule has 3 aromatic rings. The molecule has 0 bridgehead atoms. The van der Waals surface area contributed by atoms with E-state index >= 15 is 0 Å². The molecule has 1 saturated carbocycles. The van der Waals surface area contributed by atoms with Gasteiger partial charge in [0.15, 0.2) is 5.65 Å². The number of anilines is 3. The second kappa shape index (κ2) is 8.03. The number of primary amides is 1. The highest BCUT2D eigenvalue weighted by Crippen LogP contribution is 2.30. The highest BCUT2D eigenvalue weighted by Gasteiger charge is 2.23. The molecule has 2 aromatic heterocycles. The minimum Gasteiger partial charge on any atom is -0.506 e. The van der Waals surface area contributed by atoms with Gasteiger partial charge in [-0.05, 0) is 37.1 Å². The smallest absolute Gasteiger partial charge is 0.221 e. The molecule has 0 spiro atoms. The lowest BCUT2D eigenvalue weighted by molar-refractivity contribution is -0.118. The Kier molecular flexibility index (Phi) is 5.28. The molecule has 30 heavy (non-hydrogen) atoms. The number of phenolic OH excluding ortho intramolecular Hbond substituents is 1. The van der Waals surface area contributed by atoms with E-state index in [9.17, 15) is 14.7 Å². The fourth-order valence-corrected chi connectivity index (χ4v) is 3.13. The zero-order valence-electron chi connectivity index (χ0n) is 15.8. The number of carbonyl (C=O) groups excluding carboxylic acids is 2. The number of phenols is 1. The number of benzene rings is 1. The van der Waals surface area contributed by atoms with Crippen LogP contribution in [0.1, 0.15) is 24.8 Å². The summed E-state index contributed by atoms with van der Waals surface area (Å²) < 4.78 is 1.64. The summed E-state index contributed by atoms with van der Waals surface area (Å²) in [6.45, 7) is 0. The highest BCUT2D eigenvalue weighted by molar-refractivity contribution is 6.32. The highest BCUT2D eigenvalue weighted by atomic mass is 35.5. The third kappa shape index (κ3) is 4.36. The summed E-state index contributed by atoms with van der Waals surface area (Å²) in [4.78, 5) is 27.1. The van der Waals surface area contributed by atoms with Crippen molar-refractivity contribution in [3.05, 3.63) is 46.6 Å². The van der Waals surface area contributed by atoms with Gasteiger partial charge in [-0.25, -0.2) is 4.98 Å². The van der Waals surface area contributed by atoms with Crippen molar-refractivity contribution < 1.29 is 14.7 Å². The summed E-state index contributed by atoms with van der Waals surface area (Å²) in [5, 5.41) is 20.8. The molecular weight excluding hydrogens is 408 g/mol. The normalized spacial score (nSPS) is 14.0. The quantitative estimate of drug-likeness (QED) is 0.247. The van der Waals surface area contributed by atoms with Crippen molar-refractivity contribution in [1.29, 1.82) is 0 Å². The van der Waals surface area contributed by atoms with Gasteiger partial charge in [0.25, 0.3) is 0 Å². The van der Waals surface area contributed by atoms with E-state index in [-0.39, 0.29) is 22.8 Å². The third-order valence-electron chi connectivity index (χ3n) is 4.52. The molecule has 0 radical (unpaired) electrons. The first-order chi connectivity index (χ1) is 14.4. The molecule has 154 valence electrons. The molecule has 0 saturated heterocycles. The van der Waals surface area contributed by atoms with Crippen LogP contribution in [-0.2, 0) is 9.59 Å². The Morgan fingerprint density at radius 2 is 2.17 bits per heavy atom. The summed E-state index contributed by atoms with van der Waals surface area (Å²) in [7, 11) is 0. The zero-order chi connectivity index (χ0) is 21.3. The monoisotopic (exact) mass is 426 g/mol. The lowest BCUT2D eigenvalue weighted by Crippen LogP contribution is -2.11. The number of hydrogen-bond donors (Lipinski definition) is 4. The number of aromatic nitrogens is 3. The summed E-state index contributed by atoms with van der Waals surface area (Å²) in [5.74, 6) is 0.642. The summed E-state index contributed by atoms with van der Waals surface area (Å²) in [5.41, 5.74) is 7.16. The van der Waals surface area contributed by atoms with E-state index in [4.69, 9.17) is 17.3 Å². The molecule has 1 aromatic carbocycles. The molecule has 9 nitrogen and oxygen atoms in total. The van der Waals surface area contributed by atoms with E-state index in [1.807, 2.05) is 6.07 Å². The number of amides is 1. The van der Waals surface area contributed by atoms with Crippen molar-refractivity contribution in [2.45, 2.75) is 25.3 Å². The van der Waals surface area contributed by atoms with Gasteiger partial charge in [-0.15, -0.1) is 0 Å². The molecule has 1 fully saturated rings. The number of aromatic hydroxyl groups is 1. The van der Waals surface area contributed by atoms with Gasteiger partial charge < -0.3 is 21.5 Å². The maximum Gasteiger partial charge on any atom is 0.221 e. The van der Waals surface area contributed by atoms with Crippen molar-refractivity contribution in [2.24, 2.45) is 5.73 Å². The summed E-state index contributed by atoms with van der Waals surface area (Å²) >= 11 is 5.99. The number of nitrogens with one attached hydrogen (secondary N) is 2. The number of rotatable bonds is 8. The molecule has 10 heteroatoms. The van der Waals surface area contributed by atoms with Gasteiger partial charge in [-0.1, -0.05) is 11.6 Å². The van der Waals surface area contributed by atoms with E-state index in [1.165, 1.54) is 6.07 Å². The molecule has 1 aliphatic rings. The Bertz CT molecular complexity index is 1170. The van der Waals surface area contributed by atoms with Crippen LogP contribution in [0.2, 0.25) is 5.02 Å². The number of aldehydes is 1. The van der Waals surface area contributed by atoms with Crippen molar-refractivity contribution in [3.63, 3.8) is 0 Å². The van der Waals surface area contributed by atoms with Crippen molar-refractivity contribution in [1.82, 2.24) is 14.6 Å². The number of nitrogens with two attached hydrogens (primary N) is 1. The minimum absolute atomic E-state index is 0.0132. The Morgan fingerprint density at radius 1 is 1.37 bits per heavy atom. The van der Waals surface area contributed by atoms with Gasteiger partial charge in [0.05, 0.1) is 17.6 Å². The first kappa shape index (κ1) is 19.7. The van der Waals surface area contributed by atoms with Crippen LogP contribution in [0.4, 0.5) is 17.3 Å². The molecule has 0 unspecified atom stereocenters. The second-order valence-corrected chi connectivity index (χ2v) is 7.46. The predicted octanol–water partition coefficient (Wildman–Crippen LogP) is 2.86. The Balaban J connectivity index is 1.76. The number of carbonyl (C=O) groups is 2. The van der Waals surface area contributed by atoms with Gasteiger partial charge in [0.1, 0.15) is 23.7 Å². The average molecular weight is 427 g/mol. The fraction of sp³-hybridized carbons (Fsp3) is 0.200. The summed E-state index contributed by atoms with van der Waals surface area (Å²) in [6, 6.07) is 6.94. The van der Waals surface area contributed by atoms with E-state index in [0.29, 0.717) is 35.0 Å². The van der Waals surface area contributed by atoms with Crippen LogP contribution in [0, 0.1) is 0 Å². The van der Waals surface area contributed by atoms with Crippen LogP contribution in [-0.4, -0.2) is 37.9 Å². The zero-order valence-corrected chi connectivity index (χ0v) is 16.6. The lowest BCUT2D eigenvalue weighted by atomic mass is 10.1. The third-order valence-corrected chi connectivity index (χ3v) is 4.82. The van der Waals surface area contributed by atoms with Crippen LogP contribution in [0.3, 0.4) is 0 Å². The number of fused-ring (bicyclic) bond motifs is 1. The van der Waals surface area contributed by atoms with Gasteiger partial charge >= 0.3 is 0 Å². The Hall–Kier alpha value is -3.59. The molecule has 1 amide bonds. The largest absolute Gasteiger partial charge is 0.506 e. The van der Waals surface area contributed by atoms with Crippen LogP contribution in [0.5, 0.6) is 5.75 Å². The number of hydrogen-bond acceptors (Lipinski definition) is 7. The molecule has 4 rings (SSSR count). The second-order valence-electron chi connectivity index (χ2n) is 7.05. The van der Waals surface area contributed by atoms with Crippen LogP contribution in [0.25, 0.3) is 11.7 Å². The molecule has 2 heterocycles. The lowest BCUT2D eigenvalue weighted by Gasteiger charge is -2.12. The first-order valence-electron chi connectivity index (χ1n) is 9.28. The molecular formula is C20H19ClN6O3. The van der Waals surface area contributed by atoms with E-state index in [1.54, 1.807) is 28.9 Å². The maximum absolute atomic E-state index is 11.3. The molecule has 0 atom stereocenters. The Labute approximate surface area is 176 Å². The van der Waals surface area contributed by atoms with Gasteiger partial charge in [-0.2, -0.15) is 9.61 Å².